The van der Waals surface area contributed by atoms with Crippen molar-refractivity contribution in [1.82, 2.24) is 15.1 Å². The van der Waals surface area contributed by atoms with Gasteiger partial charge in [-0.25, -0.2) is 0 Å². The Hall–Kier alpha value is -0.0300. The Morgan fingerprint density at radius 2 is 1.67 bits per heavy atom. The Balaban J connectivity index is 0.00000110. The van der Waals surface area contributed by atoms with E-state index in [1.54, 1.807) is 0 Å². The van der Waals surface area contributed by atoms with Crippen molar-refractivity contribution in [3.8, 4) is 0 Å². The molecule has 1 aliphatic carbocycles. The summed E-state index contributed by atoms with van der Waals surface area (Å²) in [5.74, 6) is 0.649. The molecule has 2 aliphatic heterocycles. The van der Waals surface area contributed by atoms with Crippen LogP contribution >= 0.6 is 24.8 Å². The molecule has 21 heavy (non-hydrogen) atoms. The van der Waals surface area contributed by atoms with Gasteiger partial charge in [-0.2, -0.15) is 0 Å². The van der Waals surface area contributed by atoms with Crippen molar-refractivity contribution < 1.29 is 4.79 Å². The van der Waals surface area contributed by atoms with Crippen molar-refractivity contribution in [1.29, 1.82) is 0 Å². The van der Waals surface area contributed by atoms with E-state index >= 15 is 0 Å². The Kier molecular flexibility index (Phi) is 8.32. The first-order valence-corrected chi connectivity index (χ1v) is 8.08. The van der Waals surface area contributed by atoms with E-state index in [2.05, 4.69) is 15.1 Å². The first-order valence-electron chi connectivity index (χ1n) is 8.08. The van der Waals surface area contributed by atoms with Crippen LogP contribution in [0.25, 0.3) is 0 Å². The number of hydrogen-bond donors (Lipinski definition) is 1. The normalized spacial score (nSPS) is 27.8. The van der Waals surface area contributed by atoms with Gasteiger partial charge in [0.2, 0.25) is 5.91 Å². The molecular formula is C15H29Cl2N3O. The van der Waals surface area contributed by atoms with Crippen LogP contribution in [0.5, 0.6) is 0 Å². The van der Waals surface area contributed by atoms with Gasteiger partial charge < -0.3 is 10.2 Å². The summed E-state index contributed by atoms with van der Waals surface area (Å²) in [6.07, 6.45) is 7.74. The fraction of sp³-hybridized carbons (Fsp3) is 0.933. The molecule has 0 aromatic rings. The lowest BCUT2D eigenvalue weighted by Gasteiger charge is -2.27. The van der Waals surface area contributed by atoms with Crippen LogP contribution in [0.3, 0.4) is 0 Å². The molecule has 1 unspecified atom stereocenters. The second kappa shape index (κ2) is 9.19. The molecule has 1 atom stereocenters. The van der Waals surface area contributed by atoms with E-state index in [0.29, 0.717) is 5.91 Å². The molecule has 1 N–H and O–H groups in total. The van der Waals surface area contributed by atoms with Gasteiger partial charge in [-0.3, -0.25) is 9.69 Å². The number of rotatable bonds is 2. The van der Waals surface area contributed by atoms with Crippen molar-refractivity contribution in [2.24, 2.45) is 5.92 Å². The molecular weight excluding hydrogens is 309 g/mol. The van der Waals surface area contributed by atoms with Crippen molar-refractivity contribution in [3.63, 3.8) is 0 Å². The summed E-state index contributed by atoms with van der Waals surface area (Å²) in [6, 6.07) is 0.809. The highest BCUT2D eigenvalue weighted by atomic mass is 35.5. The maximum Gasteiger partial charge on any atom is 0.227 e. The third-order valence-electron chi connectivity index (χ3n) is 5.09. The highest BCUT2D eigenvalue weighted by Gasteiger charge is 2.30. The third-order valence-corrected chi connectivity index (χ3v) is 5.09. The van der Waals surface area contributed by atoms with Crippen molar-refractivity contribution in [2.75, 3.05) is 39.3 Å². The molecule has 0 radical (unpaired) electrons. The smallest absolute Gasteiger partial charge is 0.227 e. The number of carbonyl (C=O) groups is 1. The summed E-state index contributed by atoms with van der Waals surface area (Å²) < 4.78 is 0. The molecule has 6 heteroatoms. The molecule has 0 spiro atoms. The topological polar surface area (TPSA) is 35.6 Å². The number of halogens is 2. The van der Waals surface area contributed by atoms with Gasteiger partial charge in [0, 0.05) is 38.8 Å². The Morgan fingerprint density at radius 3 is 2.33 bits per heavy atom. The lowest BCUT2D eigenvalue weighted by Crippen LogP contribution is -2.41. The molecule has 0 bridgehead atoms. The van der Waals surface area contributed by atoms with E-state index in [1.807, 2.05) is 0 Å². The quantitative estimate of drug-likeness (QED) is 0.836. The van der Waals surface area contributed by atoms with Crippen LogP contribution < -0.4 is 5.32 Å². The van der Waals surface area contributed by atoms with Crippen LogP contribution in [-0.2, 0) is 4.79 Å². The van der Waals surface area contributed by atoms with Crippen LogP contribution in [0.15, 0.2) is 0 Å². The average molecular weight is 338 g/mol. The number of amides is 1. The molecule has 0 aromatic carbocycles. The molecule has 1 amide bonds. The average Bonchev–Trinajstić information content (AvgIpc) is 3.08. The van der Waals surface area contributed by atoms with Gasteiger partial charge in [0.25, 0.3) is 0 Å². The minimum absolute atomic E-state index is 0. The summed E-state index contributed by atoms with van der Waals surface area (Å²) >= 11 is 0. The number of carbonyl (C=O) groups excluding carboxylic acids is 1. The van der Waals surface area contributed by atoms with Crippen LogP contribution in [0, 0.1) is 5.92 Å². The zero-order valence-electron chi connectivity index (χ0n) is 12.8. The van der Waals surface area contributed by atoms with E-state index in [4.69, 9.17) is 0 Å². The molecule has 3 aliphatic rings. The van der Waals surface area contributed by atoms with E-state index < -0.39 is 0 Å². The first-order chi connectivity index (χ1) is 9.34. The summed E-state index contributed by atoms with van der Waals surface area (Å²) in [6.45, 7) is 6.11. The molecule has 1 saturated carbocycles. The second-order valence-electron chi connectivity index (χ2n) is 6.34. The van der Waals surface area contributed by atoms with E-state index in [1.165, 1.54) is 32.2 Å². The van der Waals surface area contributed by atoms with Gasteiger partial charge in [0.1, 0.15) is 0 Å². The van der Waals surface area contributed by atoms with Gasteiger partial charge in [0.05, 0.1) is 5.92 Å². The molecule has 124 valence electrons. The monoisotopic (exact) mass is 337 g/mol. The van der Waals surface area contributed by atoms with Crippen LogP contribution in [0.1, 0.15) is 38.5 Å². The predicted molar refractivity (Wildman–Crippen MR) is 90.5 cm³/mol. The zero-order chi connectivity index (χ0) is 13.1. The van der Waals surface area contributed by atoms with Gasteiger partial charge >= 0.3 is 0 Å². The van der Waals surface area contributed by atoms with E-state index in [9.17, 15) is 4.79 Å². The van der Waals surface area contributed by atoms with Gasteiger partial charge in [-0.15, -0.1) is 24.8 Å². The van der Waals surface area contributed by atoms with Crippen molar-refractivity contribution in [3.05, 3.63) is 0 Å². The Morgan fingerprint density at radius 1 is 0.905 bits per heavy atom. The largest absolute Gasteiger partial charge is 0.341 e. The van der Waals surface area contributed by atoms with E-state index in [-0.39, 0.29) is 30.7 Å². The molecule has 3 fully saturated rings. The highest BCUT2D eigenvalue weighted by Crippen LogP contribution is 2.24. The predicted octanol–water partition coefficient (Wildman–Crippen LogP) is 1.92. The molecule has 0 aromatic heterocycles. The zero-order valence-corrected chi connectivity index (χ0v) is 14.4. The molecule has 4 nitrogen and oxygen atoms in total. The third kappa shape index (κ3) is 4.72. The molecule has 3 rings (SSSR count). The summed E-state index contributed by atoms with van der Waals surface area (Å²) in [4.78, 5) is 17.2. The second-order valence-corrected chi connectivity index (χ2v) is 6.34. The number of hydrogen-bond acceptors (Lipinski definition) is 3. The van der Waals surface area contributed by atoms with Crippen LogP contribution in [0.4, 0.5) is 0 Å². The molecule has 2 heterocycles. The van der Waals surface area contributed by atoms with E-state index in [0.717, 1.165) is 51.6 Å². The minimum atomic E-state index is 0. The van der Waals surface area contributed by atoms with Crippen LogP contribution in [0.2, 0.25) is 0 Å². The number of nitrogens with zero attached hydrogens (tertiary/aromatic N) is 2. The molecule has 2 saturated heterocycles. The number of nitrogens with one attached hydrogen (secondary N) is 1. The lowest BCUT2D eigenvalue weighted by atomic mass is 10.1. The van der Waals surface area contributed by atoms with Crippen molar-refractivity contribution >= 4 is 30.7 Å². The maximum atomic E-state index is 12.4. The van der Waals surface area contributed by atoms with Crippen molar-refractivity contribution in [2.45, 2.75) is 44.6 Å². The SMILES string of the molecule is Cl.Cl.O=C(C1CCNC1)N1CCCN(C2CCCC2)CC1. The van der Waals surface area contributed by atoms with Crippen LogP contribution in [-0.4, -0.2) is 61.0 Å². The summed E-state index contributed by atoms with van der Waals surface area (Å²) in [5, 5.41) is 3.30. The Bertz CT molecular complexity index is 318. The first kappa shape index (κ1) is 19.0. The fourth-order valence-electron chi connectivity index (χ4n) is 3.92. The fourth-order valence-corrected chi connectivity index (χ4v) is 3.92. The Labute approximate surface area is 140 Å². The summed E-state index contributed by atoms with van der Waals surface area (Å²) in [5.41, 5.74) is 0. The lowest BCUT2D eigenvalue weighted by molar-refractivity contribution is -0.134. The van der Waals surface area contributed by atoms with Gasteiger partial charge in [-0.1, -0.05) is 12.8 Å². The van der Waals surface area contributed by atoms with Gasteiger partial charge in [-0.05, 0) is 32.2 Å². The maximum absolute atomic E-state index is 12.4. The summed E-state index contributed by atoms with van der Waals surface area (Å²) in [7, 11) is 0. The minimum Gasteiger partial charge on any atom is -0.341 e. The highest BCUT2D eigenvalue weighted by molar-refractivity contribution is 5.85. The van der Waals surface area contributed by atoms with Gasteiger partial charge in [0.15, 0.2) is 0 Å². The standard InChI is InChI=1S/C15H27N3O.2ClH/c19-15(13-6-7-16-12-13)18-9-3-8-17(10-11-18)14-4-1-2-5-14;;/h13-14,16H,1-12H2;2*1H.